The fraction of sp³-hybridized carbons (Fsp3) is 0.625. The first-order valence-corrected chi connectivity index (χ1v) is 7.32. The maximum Gasteiger partial charge on any atom is 0.0366 e. The highest BCUT2D eigenvalue weighted by atomic mass is 15.1. The van der Waals surface area contributed by atoms with E-state index in [0.29, 0.717) is 6.04 Å². The second kappa shape index (κ2) is 6.79. The smallest absolute Gasteiger partial charge is 0.0366 e. The molecule has 0 amide bonds. The molecule has 1 aliphatic rings. The third kappa shape index (κ3) is 3.49. The number of para-hydroxylation sites is 1. The standard InChI is InChI=1S/C16H26N2/c1-3-13-17-14-9-11-16(12-10-14)18(2)15-7-5-4-6-8-15/h4-8,14,16-17H,3,9-13H2,1-2H3. The first kappa shape index (κ1) is 13.4. The minimum absolute atomic E-state index is 0.715. The van der Waals surface area contributed by atoms with E-state index < -0.39 is 0 Å². The largest absolute Gasteiger partial charge is 0.372 e. The number of benzene rings is 1. The first-order valence-electron chi connectivity index (χ1n) is 7.32. The Hall–Kier alpha value is -1.02. The van der Waals surface area contributed by atoms with Crippen molar-refractivity contribution in [1.29, 1.82) is 0 Å². The van der Waals surface area contributed by atoms with Crippen LogP contribution in [0, 0.1) is 0 Å². The van der Waals surface area contributed by atoms with Crippen molar-refractivity contribution < 1.29 is 0 Å². The van der Waals surface area contributed by atoms with Crippen LogP contribution in [-0.4, -0.2) is 25.7 Å². The molecule has 1 N–H and O–H groups in total. The maximum absolute atomic E-state index is 3.65. The molecule has 0 aromatic heterocycles. The lowest BCUT2D eigenvalue weighted by molar-refractivity contribution is 0.337. The molecule has 1 aromatic rings. The van der Waals surface area contributed by atoms with Gasteiger partial charge in [-0.1, -0.05) is 25.1 Å². The average Bonchev–Trinajstić information content (AvgIpc) is 2.46. The second-order valence-corrected chi connectivity index (χ2v) is 5.41. The summed E-state index contributed by atoms with van der Waals surface area (Å²) < 4.78 is 0. The molecule has 1 fully saturated rings. The van der Waals surface area contributed by atoms with Crippen molar-refractivity contribution in [3.8, 4) is 0 Å². The second-order valence-electron chi connectivity index (χ2n) is 5.41. The van der Waals surface area contributed by atoms with Crippen molar-refractivity contribution in [1.82, 2.24) is 5.32 Å². The van der Waals surface area contributed by atoms with Crippen molar-refractivity contribution in [2.75, 3.05) is 18.5 Å². The Morgan fingerprint density at radius 2 is 1.78 bits per heavy atom. The molecule has 18 heavy (non-hydrogen) atoms. The molecule has 1 saturated carbocycles. The van der Waals surface area contributed by atoms with Crippen LogP contribution in [0.1, 0.15) is 39.0 Å². The number of anilines is 1. The lowest BCUT2D eigenvalue weighted by Gasteiger charge is -2.36. The predicted molar refractivity (Wildman–Crippen MR) is 79.2 cm³/mol. The lowest BCUT2D eigenvalue weighted by Crippen LogP contribution is -2.41. The van der Waals surface area contributed by atoms with E-state index in [1.54, 1.807) is 0 Å². The molecule has 0 bridgehead atoms. The number of hydrogen-bond donors (Lipinski definition) is 1. The zero-order chi connectivity index (χ0) is 12.8. The van der Waals surface area contributed by atoms with Gasteiger partial charge >= 0.3 is 0 Å². The van der Waals surface area contributed by atoms with E-state index in [1.165, 1.54) is 44.3 Å². The highest BCUT2D eigenvalue weighted by Crippen LogP contribution is 2.26. The molecular weight excluding hydrogens is 220 g/mol. The van der Waals surface area contributed by atoms with Crippen LogP contribution in [0.4, 0.5) is 5.69 Å². The van der Waals surface area contributed by atoms with Gasteiger partial charge in [0, 0.05) is 24.8 Å². The quantitative estimate of drug-likeness (QED) is 0.856. The molecule has 2 heteroatoms. The van der Waals surface area contributed by atoms with Crippen molar-refractivity contribution in [3.05, 3.63) is 30.3 Å². The normalized spacial score (nSPS) is 23.9. The van der Waals surface area contributed by atoms with Crippen LogP contribution in [0.5, 0.6) is 0 Å². The van der Waals surface area contributed by atoms with E-state index in [1.807, 2.05) is 0 Å². The van der Waals surface area contributed by atoms with E-state index in [0.717, 1.165) is 6.04 Å². The van der Waals surface area contributed by atoms with Crippen molar-refractivity contribution in [2.24, 2.45) is 0 Å². The van der Waals surface area contributed by atoms with Crippen LogP contribution in [0.2, 0.25) is 0 Å². The van der Waals surface area contributed by atoms with Gasteiger partial charge in [0.25, 0.3) is 0 Å². The van der Waals surface area contributed by atoms with E-state index in [2.05, 4.69) is 54.5 Å². The van der Waals surface area contributed by atoms with Gasteiger partial charge in [0.1, 0.15) is 0 Å². The summed E-state index contributed by atoms with van der Waals surface area (Å²) in [7, 11) is 2.24. The zero-order valence-electron chi connectivity index (χ0n) is 11.7. The van der Waals surface area contributed by atoms with Crippen LogP contribution in [0.25, 0.3) is 0 Å². The monoisotopic (exact) mass is 246 g/mol. The molecule has 0 unspecified atom stereocenters. The lowest BCUT2D eigenvalue weighted by atomic mass is 9.90. The fourth-order valence-corrected chi connectivity index (χ4v) is 2.89. The molecule has 1 aliphatic carbocycles. The van der Waals surface area contributed by atoms with Crippen LogP contribution >= 0.6 is 0 Å². The summed E-state index contributed by atoms with van der Waals surface area (Å²) in [5, 5.41) is 3.65. The summed E-state index contributed by atoms with van der Waals surface area (Å²) in [6.45, 7) is 3.41. The summed E-state index contributed by atoms with van der Waals surface area (Å²) in [4.78, 5) is 2.45. The van der Waals surface area contributed by atoms with Crippen LogP contribution < -0.4 is 10.2 Å². The molecule has 0 radical (unpaired) electrons. The molecule has 0 heterocycles. The van der Waals surface area contributed by atoms with Crippen LogP contribution in [0.15, 0.2) is 30.3 Å². The Morgan fingerprint density at radius 1 is 1.11 bits per heavy atom. The fourth-order valence-electron chi connectivity index (χ4n) is 2.89. The predicted octanol–water partition coefficient (Wildman–Crippen LogP) is 3.43. The zero-order valence-corrected chi connectivity index (χ0v) is 11.7. The van der Waals surface area contributed by atoms with E-state index >= 15 is 0 Å². The average molecular weight is 246 g/mol. The van der Waals surface area contributed by atoms with Gasteiger partial charge in [-0.2, -0.15) is 0 Å². The molecule has 100 valence electrons. The Kier molecular flexibility index (Phi) is 5.06. The van der Waals surface area contributed by atoms with E-state index in [-0.39, 0.29) is 0 Å². The van der Waals surface area contributed by atoms with E-state index in [4.69, 9.17) is 0 Å². The van der Waals surface area contributed by atoms with Crippen LogP contribution in [0.3, 0.4) is 0 Å². The van der Waals surface area contributed by atoms with Gasteiger partial charge in [-0.25, -0.2) is 0 Å². The Bertz CT molecular complexity index is 328. The molecule has 1 aromatic carbocycles. The van der Waals surface area contributed by atoms with Crippen molar-refractivity contribution in [2.45, 2.75) is 51.1 Å². The SMILES string of the molecule is CCCNC1CCC(N(C)c2ccccc2)CC1. The van der Waals surface area contributed by atoms with Crippen LogP contribution in [-0.2, 0) is 0 Å². The minimum atomic E-state index is 0.715. The highest BCUT2D eigenvalue weighted by Gasteiger charge is 2.23. The highest BCUT2D eigenvalue weighted by molar-refractivity contribution is 5.46. The Labute approximate surface area is 111 Å². The van der Waals surface area contributed by atoms with Gasteiger partial charge in [-0.3, -0.25) is 0 Å². The van der Waals surface area contributed by atoms with E-state index in [9.17, 15) is 0 Å². The maximum atomic E-state index is 3.65. The summed E-state index contributed by atoms with van der Waals surface area (Å²) in [5.74, 6) is 0. The summed E-state index contributed by atoms with van der Waals surface area (Å²) in [6, 6.07) is 12.2. The number of nitrogens with zero attached hydrogens (tertiary/aromatic N) is 1. The summed E-state index contributed by atoms with van der Waals surface area (Å²) in [5.41, 5.74) is 1.35. The van der Waals surface area contributed by atoms with Gasteiger partial charge in [0.05, 0.1) is 0 Å². The molecule has 2 nitrogen and oxygen atoms in total. The summed E-state index contributed by atoms with van der Waals surface area (Å²) >= 11 is 0. The molecule has 0 aliphatic heterocycles. The summed E-state index contributed by atoms with van der Waals surface area (Å²) in [6.07, 6.45) is 6.51. The molecular formula is C16H26N2. The number of rotatable bonds is 5. The Balaban J connectivity index is 1.82. The van der Waals surface area contributed by atoms with Gasteiger partial charge < -0.3 is 10.2 Å². The topological polar surface area (TPSA) is 15.3 Å². The molecule has 0 atom stereocenters. The minimum Gasteiger partial charge on any atom is -0.372 e. The number of nitrogens with one attached hydrogen (secondary N) is 1. The van der Waals surface area contributed by atoms with Gasteiger partial charge in [-0.15, -0.1) is 0 Å². The van der Waals surface area contributed by atoms with Gasteiger partial charge in [0.15, 0.2) is 0 Å². The number of hydrogen-bond acceptors (Lipinski definition) is 2. The Morgan fingerprint density at radius 3 is 2.39 bits per heavy atom. The molecule has 0 spiro atoms. The third-order valence-corrected chi connectivity index (χ3v) is 4.09. The van der Waals surface area contributed by atoms with Gasteiger partial charge in [-0.05, 0) is 50.8 Å². The van der Waals surface area contributed by atoms with Gasteiger partial charge in [0.2, 0.25) is 0 Å². The molecule has 2 rings (SSSR count). The van der Waals surface area contributed by atoms with Crippen molar-refractivity contribution in [3.63, 3.8) is 0 Å². The van der Waals surface area contributed by atoms with Crippen molar-refractivity contribution >= 4 is 5.69 Å². The first-order chi connectivity index (χ1) is 8.81. The third-order valence-electron chi connectivity index (χ3n) is 4.09. The molecule has 0 saturated heterocycles.